The van der Waals surface area contributed by atoms with Crippen molar-refractivity contribution in [3.8, 4) is 0 Å². The number of hydrogen-bond acceptors (Lipinski definition) is 2. The normalized spacial score (nSPS) is 14.1. The summed E-state index contributed by atoms with van der Waals surface area (Å²) >= 11 is -3.03. The zero-order valence-electron chi connectivity index (χ0n) is 6.47. The summed E-state index contributed by atoms with van der Waals surface area (Å²) in [6, 6.07) is 1.37. The van der Waals surface area contributed by atoms with Crippen LogP contribution in [0.2, 0.25) is 0 Å². The summed E-state index contributed by atoms with van der Waals surface area (Å²) in [5.41, 5.74) is -1.49. The highest BCUT2D eigenvalue weighted by molar-refractivity contribution is 7.79. The molecule has 0 heterocycles. The first-order valence-corrected chi connectivity index (χ1v) is 4.36. The van der Waals surface area contributed by atoms with Gasteiger partial charge in [-0.15, -0.1) is 0 Å². The molecular formula is C7H3F4O2S-. The first-order valence-electron chi connectivity index (χ1n) is 3.28. The van der Waals surface area contributed by atoms with E-state index in [0.717, 1.165) is 0 Å². The summed E-state index contributed by atoms with van der Waals surface area (Å²) in [6.07, 6.45) is -4.88. The van der Waals surface area contributed by atoms with Crippen LogP contribution in [0, 0.1) is 5.82 Å². The van der Waals surface area contributed by atoms with Crippen LogP contribution in [0.3, 0.4) is 0 Å². The molecule has 1 aromatic carbocycles. The third-order valence-electron chi connectivity index (χ3n) is 1.43. The molecule has 0 N–H and O–H groups in total. The number of alkyl halides is 3. The Kier molecular flexibility index (Phi) is 2.91. The molecule has 0 amide bonds. The number of rotatable bonds is 1. The molecule has 0 aliphatic rings. The van der Waals surface area contributed by atoms with Crippen molar-refractivity contribution < 1.29 is 26.3 Å². The van der Waals surface area contributed by atoms with Crippen molar-refractivity contribution in [2.45, 2.75) is 11.1 Å². The van der Waals surface area contributed by atoms with Gasteiger partial charge in [0.2, 0.25) is 0 Å². The molecule has 0 saturated carbocycles. The van der Waals surface area contributed by atoms with Gasteiger partial charge in [0.15, 0.2) is 0 Å². The molecule has 1 atom stereocenters. The van der Waals surface area contributed by atoms with Gasteiger partial charge >= 0.3 is 6.18 Å². The van der Waals surface area contributed by atoms with Crippen molar-refractivity contribution in [3.05, 3.63) is 29.6 Å². The highest BCUT2D eigenvalue weighted by Crippen LogP contribution is 2.33. The molecule has 0 fully saturated rings. The Morgan fingerprint density at radius 1 is 1.29 bits per heavy atom. The summed E-state index contributed by atoms with van der Waals surface area (Å²) in [4.78, 5) is -0.959. The third-order valence-corrected chi connectivity index (χ3v) is 2.14. The maximum absolute atomic E-state index is 12.4. The van der Waals surface area contributed by atoms with Gasteiger partial charge in [0.1, 0.15) is 5.82 Å². The lowest BCUT2D eigenvalue weighted by Gasteiger charge is -2.14. The number of benzene rings is 1. The lowest BCUT2D eigenvalue weighted by molar-refractivity contribution is -0.140. The van der Waals surface area contributed by atoms with E-state index in [-0.39, 0.29) is 6.07 Å². The van der Waals surface area contributed by atoms with Gasteiger partial charge in [0, 0.05) is 4.90 Å². The van der Waals surface area contributed by atoms with Crippen LogP contribution in [0.1, 0.15) is 5.56 Å². The standard InChI is InChI=1S/C7H4F4O2S/c8-4-1-2-6(14(12)13)5(3-4)7(9,10)11/h1-3H,(H,12,13)/p-1. The molecule has 0 radical (unpaired) electrons. The second kappa shape index (κ2) is 3.66. The number of hydrogen-bond donors (Lipinski definition) is 0. The van der Waals surface area contributed by atoms with Crippen LogP contribution in [0.5, 0.6) is 0 Å². The summed E-state index contributed by atoms with van der Waals surface area (Å²) in [7, 11) is 0. The van der Waals surface area contributed by atoms with E-state index in [1.165, 1.54) is 0 Å². The van der Waals surface area contributed by atoms with Crippen molar-refractivity contribution in [2.75, 3.05) is 0 Å². The van der Waals surface area contributed by atoms with E-state index in [0.29, 0.717) is 12.1 Å². The molecule has 14 heavy (non-hydrogen) atoms. The van der Waals surface area contributed by atoms with Gasteiger partial charge in [-0.25, -0.2) is 4.39 Å². The van der Waals surface area contributed by atoms with Crippen LogP contribution in [-0.4, -0.2) is 8.76 Å². The molecule has 2 nitrogen and oxygen atoms in total. The van der Waals surface area contributed by atoms with E-state index in [1.54, 1.807) is 0 Å². The number of halogens is 4. The first kappa shape index (κ1) is 11.1. The zero-order valence-corrected chi connectivity index (χ0v) is 7.29. The highest BCUT2D eigenvalue weighted by Gasteiger charge is 2.34. The predicted octanol–water partition coefficient (Wildman–Crippen LogP) is 2.08. The molecule has 0 saturated heterocycles. The minimum absolute atomic E-state index is 0.144. The van der Waals surface area contributed by atoms with Crippen LogP contribution < -0.4 is 0 Å². The van der Waals surface area contributed by atoms with Crippen molar-refractivity contribution >= 4 is 11.1 Å². The van der Waals surface area contributed by atoms with Gasteiger partial charge in [-0.05, 0) is 29.3 Å². The molecule has 0 aliphatic heterocycles. The molecule has 0 bridgehead atoms. The van der Waals surface area contributed by atoms with Crippen LogP contribution in [-0.2, 0) is 17.3 Å². The smallest absolute Gasteiger partial charge is 0.417 e. The monoisotopic (exact) mass is 227 g/mol. The minimum atomic E-state index is -4.88. The van der Waals surface area contributed by atoms with Gasteiger partial charge in [-0.3, -0.25) is 4.21 Å². The summed E-state index contributed by atoms with van der Waals surface area (Å²) in [5.74, 6) is -1.13. The fourth-order valence-electron chi connectivity index (χ4n) is 0.869. The van der Waals surface area contributed by atoms with Gasteiger partial charge in [0.05, 0.1) is 5.56 Å². The zero-order chi connectivity index (χ0) is 10.9. The molecule has 1 aromatic rings. The van der Waals surface area contributed by atoms with E-state index in [1.807, 2.05) is 0 Å². The Labute approximate surface area is 78.8 Å². The van der Waals surface area contributed by atoms with E-state index in [2.05, 4.69) is 0 Å². The Balaban J connectivity index is 3.38. The lowest BCUT2D eigenvalue weighted by Crippen LogP contribution is -2.10. The predicted molar refractivity (Wildman–Crippen MR) is 38.6 cm³/mol. The minimum Gasteiger partial charge on any atom is -0.768 e. The van der Waals surface area contributed by atoms with Crippen molar-refractivity contribution in [1.29, 1.82) is 0 Å². The van der Waals surface area contributed by atoms with Crippen LogP contribution in [0.25, 0.3) is 0 Å². The van der Waals surface area contributed by atoms with Gasteiger partial charge in [-0.1, -0.05) is 0 Å². The average molecular weight is 227 g/mol. The molecular weight excluding hydrogens is 224 g/mol. The Morgan fingerprint density at radius 2 is 1.86 bits per heavy atom. The maximum atomic E-state index is 12.4. The SMILES string of the molecule is O=S([O-])c1ccc(F)cc1C(F)(F)F. The summed E-state index contributed by atoms with van der Waals surface area (Å²) < 4.78 is 69.6. The Morgan fingerprint density at radius 3 is 2.29 bits per heavy atom. The van der Waals surface area contributed by atoms with Gasteiger partial charge in [0.25, 0.3) is 0 Å². The second-order valence-corrected chi connectivity index (χ2v) is 3.28. The van der Waals surface area contributed by atoms with Crippen LogP contribution in [0.4, 0.5) is 17.6 Å². The largest absolute Gasteiger partial charge is 0.768 e. The second-order valence-electron chi connectivity index (χ2n) is 2.37. The molecule has 7 heteroatoms. The van der Waals surface area contributed by atoms with Crippen molar-refractivity contribution in [1.82, 2.24) is 0 Å². The Hall–Kier alpha value is -0.950. The molecule has 78 valence electrons. The van der Waals surface area contributed by atoms with Crippen molar-refractivity contribution in [3.63, 3.8) is 0 Å². The average Bonchev–Trinajstić information content (AvgIpc) is 2.01. The molecule has 0 aromatic heterocycles. The van der Waals surface area contributed by atoms with Crippen molar-refractivity contribution in [2.24, 2.45) is 0 Å². The fraction of sp³-hybridized carbons (Fsp3) is 0.143. The topological polar surface area (TPSA) is 40.1 Å². The van der Waals surface area contributed by atoms with Gasteiger partial charge < -0.3 is 4.55 Å². The van der Waals surface area contributed by atoms with E-state index in [9.17, 15) is 26.3 Å². The van der Waals surface area contributed by atoms with E-state index < -0.39 is 33.5 Å². The molecule has 0 spiro atoms. The fourth-order valence-corrected chi connectivity index (χ4v) is 1.40. The summed E-state index contributed by atoms with van der Waals surface area (Å²) in [6.45, 7) is 0. The quantitative estimate of drug-likeness (QED) is 0.544. The molecule has 1 rings (SSSR count). The van der Waals surface area contributed by atoms with E-state index >= 15 is 0 Å². The Bertz CT molecular complexity index is 374. The van der Waals surface area contributed by atoms with Gasteiger partial charge in [-0.2, -0.15) is 13.2 Å². The highest BCUT2D eigenvalue weighted by atomic mass is 32.2. The van der Waals surface area contributed by atoms with Crippen LogP contribution >= 0.6 is 0 Å². The first-order chi connectivity index (χ1) is 6.32. The third kappa shape index (κ3) is 2.30. The molecule has 1 unspecified atom stereocenters. The van der Waals surface area contributed by atoms with Crippen LogP contribution in [0.15, 0.2) is 23.1 Å². The molecule has 0 aliphatic carbocycles. The maximum Gasteiger partial charge on any atom is 0.417 e. The lowest BCUT2D eigenvalue weighted by atomic mass is 10.2. The summed E-state index contributed by atoms with van der Waals surface area (Å²) in [5, 5.41) is 0. The van der Waals surface area contributed by atoms with E-state index in [4.69, 9.17) is 0 Å².